The Bertz CT molecular complexity index is 673. The summed E-state index contributed by atoms with van der Waals surface area (Å²) in [5.41, 5.74) is 11.1. The van der Waals surface area contributed by atoms with Gasteiger partial charge in [0.1, 0.15) is 18.1 Å². The predicted molar refractivity (Wildman–Crippen MR) is 111 cm³/mol. The number of hydrogen-bond acceptors (Lipinski definition) is 7. The van der Waals surface area contributed by atoms with Gasteiger partial charge in [-0.3, -0.25) is 19.2 Å². The molecule has 0 aromatic carbocycles. The lowest BCUT2D eigenvalue weighted by atomic mass is 10.0. The SMILES string of the molecule is CC(C)CC(N)C(=O)NC(CC(N)=O)C(=O)N1CCCC1C(=O)NC(CS)C(=O)O. The van der Waals surface area contributed by atoms with Crippen LogP contribution < -0.4 is 22.1 Å². The van der Waals surface area contributed by atoms with Crippen LogP contribution in [0.25, 0.3) is 0 Å². The molecule has 4 unspecified atom stereocenters. The largest absolute Gasteiger partial charge is 0.480 e. The first-order chi connectivity index (χ1) is 14.0. The maximum atomic E-state index is 13.0. The Kier molecular flexibility index (Phi) is 10.1. The molecule has 30 heavy (non-hydrogen) atoms. The molecule has 4 amide bonds. The maximum absolute atomic E-state index is 13.0. The molecule has 0 saturated carbocycles. The van der Waals surface area contributed by atoms with Gasteiger partial charge >= 0.3 is 5.97 Å². The molecule has 0 aromatic heterocycles. The number of likely N-dealkylation sites (tertiary alicyclic amines) is 1. The third-order valence-corrected chi connectivity index (χ3v) is 5.08. The zero-order valence-corrected chi connectivity index (χ0v) is 18.1. The topological polar surface area (TPSA) is 185 Å². The van der Waals surface area contributed by atoms with Crippen molar-refractivity contribution in [3.8, 4) is 0 Å². The average Bonchev–Trinajstić information content (AvgIpc) is 3.13. The number of carboxylic acid groups (broad SMARTS) is 1. The van der Waals surface area contributed by atoms with Crippen molar-refractivity contribution in [2.24, 2.45) is 17.4 Å². The summed E-state index contributed by atoms with van der Waals surface area (Å²) in [6.45, 7) is 4.00. The van der Waals surface area contributed by atoms with Crippen LogP contribution >= 0.6 is 12.6 Å². The smallest absolute Gasteiger partial charge is 0.327 e. The minimum Gasteiger partial charge on any atom is -0.480 e. The fourth-order valence-electron chi connectivity index (χ4n) is 3.25. The summed E-state index contributed by atoms with van der Waals surface area (Å²) in [6.07, 6.45) is 0.768. The van der Waals surface area contributed by atoms with E-state index in [4.69, 9.17) is 16.6 Å². The van der Waals surface area contributed by atoms with E-state index in [1.807, 2.05) is 13.8 Å². The van der Waals surface area contributed by atoms with Gasteiger partial charge in [0.2, 0.25) is 23.6 Å². The molecule has 0 radical (unpaired) electrons. The number of nitrogens with two attached hydrogens (primary N) is 2. The first-order valence-electron chi connectivity index (χ1n) is 9.76. The van der Waals surface area contributed by atoms with Gasteiger partial charge < -0.3 is 32.1 Å². The van der Waals surface area contributed by atoms with Crippen molar-refractivity contribution in [1.29, 1.82) is 0 Å². The number of nitrogens with one attached hydrogen (secondary N) is 2. The molecular formula is C18H31N5O6S. The molecule has 11 nitrogen and oxygen atoms in total. The molecule has 0 aromatic rings. The van der Waals surface area contributed by atoms with Crippen LogP contribution in [0.5, 0.6) is 0 Å². The van der Waals surface area contributed by atoms with Crippen molar-refractivity contribution < 1.29 is 29.1 Å². The highest BCUT2D eigenvalue weighted by Gasteiger charge is 2.39. The lowest BCUT2D eigenvalue weighted by molar-refractivity contribution is -0.145. The average molecular weight is 446 g/mol. The molecule has 1 aliphatic heterocycles. The molecule has 1 heterocycles. The number of primary amides is 1. The molecule has 1 aliphatic rings. The van der Waals surface area contributed by atoms with Crippen LogP contribution in [0.2, 0.25) is 0 Å². The Morgan fingerprint density at radius 3 is 2.30 bits per heavy atom. The van der Waals surface area contributed by atoms with Crippen molar-refractivity contribution in [3.05, 3.63) is 0 Å². The molecule has 7 N–H and O–H groups in total. The minimum absolute atomic E-state index is 0.115. The lowest BCUT2D eigenvalue weighted by Gasteiger charge is -2.29. The van der Waals surface area contributed by atoms with Crippen LogP contribution in [0.1, 0.15) is 39.5 Å². The van der Waals surface area contributed by atoms with Crippen molar-refractivity contribution in [2.75, 3.05) is 12.3 Å². The van der Waals surface area contributed by atoms with E-state index < -0.39 is 60.2 Å². The number of rotatable bonds is 11. The van der Waals surface area contributed by atoms with E-state index in [0.717, 1.165) is 0 Å². The number of thiol groups is 1. The molecule has 1 rings (SSSR count). The zero-order chi connectivity index (χ0) is 23.0. The van der Waals surface area contributed by atoms with Gasteiger partial charge in [-0.15, -0.1) is 0 Å². The van der Waals surface area contributed by atoms with Crippen LogP contribution in [-0.2, 0) is 24.0 Å². The Hall–Kier alpha value is -2.34. The highest BCUT2D eigenvalue weighted by atomic mass is 32.1. The summed E-state index contributed by atoms with van der Waals surface area (Å²) in [5, 5.41) is 13.9. The summed E-state index contributed by atoms with van der Waals surface area (Å²) in [5.74, 6) is -3.88. The van der Waals surface area contributed by atoms with Crippen LogP contribution in [0.4, 0.5) is 0 Å². The van der Waals surface area contributed by atoms with Crippen LogP contribution in [0, 0.1) is 5.92 Å². The number of nitrogens with zero attached hydrogens (tertiary/aromatic N) is 1. The number of hydrogen-bond donors (Lipinski definition) is 6. The fraction of sp³-hybridized carbons (Fsp3) is 0.722. The first kappa shape index (κ1) is 25.7. The second kappa shape index (κ2) is 11.7. The summed E-state index contributed by atoms with van der Waals surface area (Å²) < 4.78 is 0. The van der Waals surface area contributed by atoms with E-state index in [0.29, 0.717) is 19.3 Å². The van der Waals surface area contributed by atoms with Crippen molar-refractivity contribution in [1.82, 2.24) is 15.5 Å². The number of amides is 4. The van der Waals surface area contributed by atoms with E-state index in [-0.39, 0.29) is 18.2 Å². The Labute approximate surface area is 180 Å². The molecule has 1 fully saturated rings. The number of aliphatic carboxylic acids is 1. The van der Waals surface area contributed by atoms with Crippen LogP contribution in [-0.4, -0.2) is 76.1 Å². The maximum Gasteiger partial charge on any atom is 0.327 e. The first-order valence-corrected chi connectivity index (χ1v) is 10.4. The van der Waals surface area contributed by atoms with Crippen molar-refractivity contribution in [2.45, 2.75) is 63.7 Å². The normalized spacial score (nSPS) is 19.1. The number of carbonyl (C=O) groups is 5. The molecule has 0 aliphatic carbocycles. The van der Waals surface area contributed by atoms with E-state index in [1.54, 1.807) is 0 Å². The van der Waals surface area contributed by atoms with E-state index in [1.165, 1.54) is 4.90 Å². The van der Waals surface area contributed by atoms with Crippen LogP contribution in [0.3, 0.4) is 0 Å². The fourth-order valence-corrected chi connectivity index (χ4v) is 3.50. The van der Waals surface area contributed by atoms with Gasteiger partial charge in [-0.1, -0.05) is 13.8 Å². The molecule has 4 atom stereocenters. The van der Waals surface area contributed by atoms with E-state index >= 15 is 0 Å². The molecule has 12 heteroatoms. The monoisotopic (exact) mass is 445 g/mol. The highest BCUT2D eigenvalue weighted by molar-refractivity contribution is 7.80. The van der Waals surface area contributed by atoms with Gasteiger partial charge in [-0.25, -0.2) is 4.79 Å². The molecule has 170 valence electrons. The van der Waals surface area contributed by atoms with Gasteiger partial charge in [0.25, 0.3) is 0 Å². The molecular weight excluding hydrogens is 414 g/mol. The highest BCUT2D eigenvalue weighted by Crippen LogP contribution is 2.20. The van der Waals surface area contributed by atoms with E-state index in [9.17, 15) is 24.0 Å². The number of carboxylic acids is 1. The van der Waals surface area contributed by atoms with Gasteiger partial charge in [-0.05, 0) is 25.2 Å². The summed E-state index contributed by atoms with van der Waals surface area (Å²) >= 11 is 3.90. The molecule has 0 spiro atoms. The van der Waals surface area contributed by atoms with Gasteiger partial charge in [0.05, 0.1) is 12.5 Å². The van der Waals surface area contributed by atoms with E-state index in [2.05, 4.69) is 23.3 Å². The third kappa shape index (κ3) is 7.48. The minimum atomic E-state index is -1.26. The van der Waals surface area contributed by atoms with Gasteiger partial charge in [0.15, 0.2) is 0 Å². The summed E-state index contributed by atoms with van der Waals surface area (Å²) in [6, 6.07) is -4.25. The van der Waals surface area contributed by atoms with Gasteiger partial charge in [0, 0.05) is 12.3 Å². The molecule has 0 bridgehead atoms. The summed E-state index contributed by atoms with van der Waals surface area (Å²) in [7, 11) is 0. The molecule has 1 saturated heterocycles. The second-order valence-electron chi connectivity index (χ2n) is 7.74. The third-order valence-electron chi connectivity index (χ3n) is 4.72. The Balaban J connectivity index is 2.93. The van der Waals surface area contributed by atoms with Crippen molar-refractivity contribution >= 4 is 42.2 Å². The second-order valence-corrected chi connectivity index (χ2v) is 8.10. The Morgan fingerprint density at radius 1 is 1.17 bits per heavy atom. The van der Waals surface area contributed by atoms with Crippen LogP contribution in [0.15, 0.2) is 0 Å². The summed E-state index contributed by atoms with van der Waals surface area (Å²) in [4.78, 5) is 61.7. The Morgan fingerprint density at radius 2 is 1.80 bits per heavy atom. The lowest BCUT2D eigenvalue weighted by Crippen LogP contribution is -2.57. The van der Waals surface area contributed by atoms with Crippen molar-refractivity contribution in [3.63, 3.8) is 0 Å². The standard InChI is InChI=1S/C18H31N5O6S/c1-9(2)6-10(19)15(25)21-11(7-14(20)24)17(27)23-5-3-4-13(23)16(26)22-12(8-30)18(28)29/h9-13,30H,3-8,19H2,1-2H3,(H2,20,24)(H,21,25)(H,22,26)(H,28,29). The number of carbonyl (C=O) groups excluding carboxylic acids is 4. The zero-order valence-electron chi connectivity index (χ0n) is 17.2. The van der Waals surface area contributed by atoms with Gasteiger partial charge in [-0.2, -0.15) is 12.6 Å². The quantitative estimate of drug-likeness (QED) is 0.203. The predicted octanol–water partition coefficient (Wildman–Crippen LogP) is -1.79.